The molecule has 11 heteroatoms. The van der Waals surface area contributed by atoms with Crippen molar-refractivity contribution < 1.29 is 28.2 Å². The lowest BCUT2D eigenvalue weighted by Crippen LogP contribution is -2.49. The molecule has 3 aromatic rings. The molecule has 0 spiro atoms. The van der Waals surface area contributed by atoms with Gasteiger partial charge >= 0.3 is 11.8 Å². The SMILES string of the molecule is CO[C@H]1CO[C@H](C(=O)N[C@H](C#N)Cc2ccc(-c3ccc4oc(=O)n(C)c4c3)cc2)CN(C(=O)OC(C)(C)C)C1. The number of methoxy groups -OCH3 is 1. The number of aryl methyl sites for hydroxylation is 1. The smallest absolute Gasteiger partial charge is 0.419 e. The number of benzene rings is 2. The number of oxazole rings is 1. The molecule has 2 aromatic carbocycles. The van der Waals surface area contributed by atoms with Crippen molar-refractivity contribution in [2.24, 2.45) is 7.05 Å². The van der Waals surface area contributed by atoms with Crippen LogP contribution in [0.15, 0.2) is 51.7 Å². The van der Waals surface area contributed by atoms with Gasteiger partial charge in [0.15, 0.2) is 11.7 Å². The number of aromatic nitrogens is 1. The number of rotatable bonds is 6. The van der Waals surface area contributed by atoms with E-state index in [2.05, 4.69) is 11.4 Å². The molecule has 1 aliphatic rings. The fourth-order valence-electron chi connectivity index (χ4n) is 4.39. The first-order valence-corrected chi connectivity index (χ1v) is 13.0. The van der Waals surface area contributed by atoms with Crippen molar-refractivity contribution in [3.05, 3.63) is 58.6 Å². The van der Waals surface area contributed by atoms with Crippen molar-refractivity contribution in [2.75, 3.05) is 26.8 Å². The van der Waals surface area contributed by atoms with Crippen LogP contribution >= 0.6 is 0 Å². The molecule has 212 valence electrons. The summed E-state index contributed by atoms with van der Waals surface area (Å²) < 4.78 is 23.3. The highest BCUT2D eigenvalue weighted by atomic mass is 16.6. The molecule has 1 fully saturated rings. The van der Waals surface area contributed by atoms with E-state index in [-0.39, 0.29) is 26.1 Å². The van der Waals surface area contributed by atoms with E-state index >= 15 is 0 Å². The Morgan fingerprint density at radius 2 is 1.85 bits per heavy atom. The minimum Gasteiger partial charge on any atom is -0.444 e. The highest BCUT2D eigenvalue weighted by Crippen LogP contribution is 2.24. The molecule has 1 saturated heterocycles. The Morgan fingerprint density at radius 3 is 2.50 bits per heavy atom. The number of nitrogens with one attached hydrogen (secondary N) is 1. The van der Waals surface area contributed by atoms with Crippen LogP contribution in [0.4, 0.5) is 4.79 Å². The molecule has 2 amide bonds. The monoisotopic (exact) mass is 550 g/mol. The van der Waals surface area contributed by atoms with E-state index in [0.717, 1.165) is 16.7 Å². The van der Waals surface area contributed by atoms with Gasteiger partial charge in [-0.15, -0.1) is 0 Å². The minimum absolute atomic E-state index is 0.0277. The van der Waals surface area contributed by atoms with Crippen molar-refractivity contribution in [3.63, 3.8) is 0 Å². The van der Waals surface area contributed by atoms with Gasteiger partial charge in [-0.1, -0.05) is 30.3 Å². The summed E-state index contributed by atoms with van der Waals surface area (Å²) in [7, 11) is 3.17. The van der Waals surface area contributed by atoms with Crippen LogP contribution in [0.2, 0.25) is 0 Å². The quantitative estimate of drug-likeness (QED) is 0.495. The number of ether oxygens (including phenoxy) is 3. The largest absolute Gasteiger partial charge is 0.444 e. The lowest BCUT2D eigenvalue weighted by atomic mass is 10.0. The predicted molar refractivity (Wildman–Crippen MR) is 146 cm³/mol. The van der Waals surface area contributed by atoms with Gasteiger partial charge in [-0.05, 0) is 49.6 Å². The second kappa shape index (κ2) is 11.9. The minimum atomic E-state index is -0.986. The molecule has 1 aliphatic heterocycles. The standard InChI is InChI=1S/C29H34N4O7/c1-29(2,3)40-28(36)33-15-22(37-5)17-38-25(16-33)26(34)31-21(14-30)12-18-6-8-19(9-7-18)20-10-11-24-23(13-20)32(4)27(35)39-24/h6-11,13,21-22,25H,12,15-17H2,1-5H3,(H,31,34)/t21-,22+,25-/m0/s1. The zero-order chi connectivity index (χ0) is 29.0. The summed E-state index contributed by atoms with van der Waals surface area (Å²) in [5.41, 5.74) is 3.21. The summed E-state index contributed by atoms with van der Waals surface area (Å²) in [4.78, 5) is 39.0. The van der Waals surface area contributed by atoms with Crippen LogP contribution in [0.1, 0.15) is 26.3 Å². The average molecular weight is 551 g/mol. The maximum absolute atomic E-state index is 13.1. The Labute approximate surface area is 232 Å². The molecule has 4 rings (SSSR count). The molecular weight excluding hydrogens is 516 g/mol. The van der Waals surface area contributed by atoms with Crippen molar-refractivity contribution in [1.82, 2.24) is 14.8 Å². The Morgan fingerprint density at radius 1 is 1.15 bits per heavy atom. The number of carbonyl (C=O) groups is 2. The zero-order valence-electron chi connectivity index (χ0n) is 23.3. The van der Waals surface area contributed by atoms with Crippen molar-refractivity contribution in [3.8, 4) is 17.2 Å². The van der Waals surface area contributed by atoms with E-state index in [0.29, 0.717) is 11.1 Å². The van der Waals surface area contributed by atoms with Gasteiger partial charge < -0.3 is 28.8 Å². The maximum Gasteiger partial charge on any atom is 0.419 e. The molecular formula is C29H34N4O7. The van der Waals surface area contributed by atoms with Crippen LogP contribution in [0.3, 0.4) is 0 Å². The second-order valence-electron chi connectivity index (χ2n) is 10.8. The molecule has 0 aliphatic carbocycles. The van der Waals surface area contributed by atoms with E-state index in [1.54, 1.807) is 33.9 Å². The van der Waals surface area contributed by atoms with Crippen LogP contribution in [-0.4, -0.2) is 72.1 Å². The normalized spacial score (nSPS) is 18.6. The van der Waals surface area contributed by atoms with Crippen LogP contribution in [-0.2, 0) is 32.5 Å². The van der Waals surface area contributed by atoms with Gasteiger partial charge in [0.05, 0.1) is 37.4 Å². The molecule has 2 heterocycles. The Hall–Kier alpha value is -4.14. The van der Waals surface area contributed by atoms with Gasteiger partial charge in [0.2, 0.25) is 0 Å². The van der Waals surface area contributed by atoms with E-state index in [4.69, 9.17) is 18.6 Å². The first kappa shape index (κ1) is 28.9. The summed E-state index contributed by atoms with van der Waals surface area (Å²) >= 11 is 0. The molecule has 0 saturated carbocycles. The first-order chi connectivity index (χ1) is 19.0. The summed E-state index contributed by atoms with van der Waals surface area (Å²) in [6.45, 7) is 5.60. The Kier molecular flexibility index (Phi) is 8.61. The highest BCUT2D eigenvalue weighted by Gasteiger charge is 2.34. The van der Waals surface area contributed by atoms with Crippen LogP contribution < -0.4 is 11.1 Å². The Balaban J connectivity index is 1.41. The third kappa shape index (κ3) is 6.89. The summed E-state index contributed by atoms with van der Waals surface area (Å²) in [6, 6.07) is 14.5. The van der Waals surface area contributed by atoms with Gasteiger partial charge in [0, 0.05) is 20.6 Å². The fraction of sp³-hybridized carbons (Fsp3) is 0.448. The number of hydrogen-bond acceptors (Lipinski definition) is 8. The van der Waals surface area contributed by atoms with Gasteiger partial charge in [0.25, 0.3) is 5.91 Å². The number of hydrogen-bond donors (Lipinski definition) is 1. The molecule has 0 unspecified atom stereocenters. The molecule has 1 aromatic heterocycles. The first-order valence-electron chi connectivity index (χ1n) is 13.0. The molecule has 1 N–H and O–H groups in total. The predicted octanol–water partition coefficient (Wildman–Crippen LogP) is 3.00. The molecule has 3 atom stereocenters. The lowest BCUT2D eigenvalue weighted by Gasteiger charge is -2.28. The zero-order valence-corrected chi connectivity index (χ0v) is 23.3. The fourth-order valence-corrected chi connectivity index (χ4v) is 4.39. The Bertz CT molecular complexity index is 1460. The second-order valence-corrected chi connectivity index (χ2v) is 10.8. The van der Waals surface area contributed by atoms with E-state index in [1.165, 1.54) is 16.6 Å². The topological polar surface area (TPSA) is 136 Å². The van der Waals surface area contributed by atoms with Crippen LogP contribution in [0, 0.1) is 11.3 Å². The van der Waals surface area contributed by atoms with Gasteiger partial charge in [-0.3, -0.25) is 9.36 Å². The number of carbonyl (C=O) groups excluding carboxylic acids is 2. The lowest BCUT2D eigenvalue weighted by molar-refractivity contribution is -0.134. The summed E-state index contributed by atoms with van der Waals surface area (Å²) in [5, 5.41) is 12.5. The van der Waals surface area contributed by atoms with Gasteiger partial charge in [0.1, 0.15) is 11.6 Å². The highest BCUT2D eigenvalue weighted by molar-refractivity contribution is 5.83. The summed E-state index contributed by atoms with van der Waals surface area (Å²) in [6.07, 6.45) is -1.70. The average Bonchev–Trinajstić information content (AvgIpc) is 3.06. The van der Waals surface area contributed by atoms with E-state index in [9.17, 15) is 19.6 Å². The maximum atomic E-state index is 13.1. The van der Waals surface area contributed by atoms with Crippen molar-refractivity contribution in [2.45, 2.75) is 51.0 Å². The molecule has 0 radical (unpaired) electrons. The molecule has 40 heavy (non-hydrogen) atoms. The van der Waals surface area contributed by atoms with Crippen LogP contribution in [0.25, 0.3) is 22.2 Å². The number of amides is 2. The van der Waals surface area contributed by atoms with E-state index in [1.807, 2.05) is 36.4 Å². The van der Waals surface area contributed by atoms with Gasteiger partial charge in [-0.2, -0.15) is 5.26 Å². The van der Waals surface area contributed by atoms with Gasteiger partial charge in [-0.25, -0.2) is 9.59 Å². The van der Waals surface area contributed by atoms with Crippen molar-refractivity contribution in [1.29, 1.82) is 5.26 Å². The van der Waals surface area contributed by atoms with Crippen LogP contribution in [0.5, 0.6) is 0 Å². The third-order valence-electron chi connectivity index (χ3n) is 6.56. The third-order valence-corrected chi connectivity index (χ3v) is 6.56. The van der Waals surface area contributed by atoms with E-state index < -0.39 is 41.6 Å². The molecule has 11 nitrogen and oxygen atoms in total. The number of nitriles is 1. The number of nitrogens with zero attached hydrogens (tertiary/aromatic N) is 3. The molecule has 0 bridgehead atoms. The number of fused-ring (bicyclic) bond motifs is 1. The van der Waals surface area contributed by atoms with Crippen molar-refractivity contribution >= 4 is 23.1 Å². The summed E-state index contributed by atoms with van der Waals surface area (Å²) in [5.74, 6) is -0.912.